The zero-order valence-corrected chi connectivity index (χ0v) is 15.9. The fourth-order valence-corrected chi connectivity index (χ4v) is 3.30. The summed E-state index contributed by atoms with van der Waals surface area (Å²) in [7, 11) is 3.04. The van der Waals surface area contributed by atoms with Crippen molar-refractivity contribution in [2.24, 2.45) is 5.92 Å². The zero-order valence-electron chi connectivity index (χ0n) is 15.9. The van der Waals surface area contributed by atoms with Gasteiger partial charge < -0.3 is 19.3 Å². The van der Waals surface area contributed by atoms with Crippen molar-refractivity contribution in [2.45, 2.75) is 39.3 Å². The monoisotopic (exact) mass is 384 g/mol. The van der Waals surface area contributed by atoms with E-state index >= 15 is 0 Å². The van der Waals surface area contributed by atoms with E-state index in [0.717, 1.165) is 12.8 Å². The Kier molecular flexibility index (Phi) is 7.38. The lowest BCUT2D eigenvalue weighted by Gasteiger charge is -2.34. The summed E-state index contributed by atoms with van der Waals surface area (Å²) in [5.74, 6) is -0.110. The molecule has 0 aliphatic carbocycles. The lowest BCUT2D eigenvalue weighted by Crippen LogP contribution is -2.45. The summed E-state index contributed by atoms with van der Waals surface area (Å²) in [5, 5.41) is 0. The van der Waals surface area contributed by atoms with E-state index in [1.807, 2.05) is 6.92 Å². The minimum absolute atomic E-state index is 0.0547. The summed E-state index contributed by atoms with van der Waals surface area (Å²) in [6.07, 6.45) is 1.96. The van der Waals surface area contributed by atoms with Gasteiger partial charge in [-0.25, -0.2) is 0 Å². The van der Waals surface area contributed by atoms with Crippen molar-refractivity contribution < 1.29 is 27.8 Å². The number of hydrogen-bond acceptors (Lipinski definition) is 4. The van der Waals surface area contributed by atoms with Crippen LogP contribution in [-0.4, -0.2) is 55.5 Å². The van der Waals surface area contributed by atoms with Gasteiger partial charge in [0.2, 0.25) is 11.8 Å². The van der Waals surface area contributed by atoms with Crippen molar-refractivity contribution in [1.29, 1.82) is 0 Å². The molecule has 0 radical (unpaired) electrons. The Morgan fingerprint density at radius 2 is 2.07 bits per heavy atom. The lowest BCUT2D eigenvalue weighted by molar-refractivity contribution is -0.140. The Labute approximate surface area is 158 Å². The molecule has 1 aliphatic rings. The van der Waals surface area contributed by atoms with E-state index in [0.29, 0.717) is 25.1 Å². The first-order chi connectivity index (χ1) is 12.8. The molecule has 1 heterocycles. The molecular formula is C19H26F2N2O4. The van der Waals surface area contributed by atoms with Gasteiger partial charge in [0.15, 0.2) is 11.5 Å². The van der Waals surface area contributed by atoms with Gasteiger partial charge in [-0.05, 0) is 30.5 Å². The molecule has 1 aromatic carbocycles. The molecule has 8 heteroatoms. The average Bonchev–Trinajstić information content (AvgIpc) is 2.66. The molecule has 0 aromatic heterocycles. The Bertz CT molecular complexity index is 669. The highest BCUT2D eigenvalue weighted by molar-refractivity contribution is 5.81. The number of carbonyl (C=O) groups is 2. The quantitative estimate of drug-likeness (QED) is 0.725. The van der Waals surface area contributed by atoms with Crippen LogP contribution >= 0.6 is 0 Å². The molecule has 1 saturated heterocycles. The molecule has 1 aromatic rings. The SMILES string of the molecule is CCC(=O)N1CCCC(C(=O)N(C)Cc2ccc(OC)c(OC(F)F)c2)C1. The number of likely N-dealkylation sites (tertiary alicyclic amines) is 1. The standard InChI is InChI=1S/C19H26F2N2O4/c1-4-17(24)23-9-5-6-14(12-23)18(25)22(2)11-13-7-8-15(26-3)16(10-13)27-19(20)21/h7-8,10,14,19H,4-6,9,11-12H2,1-3H3. The van der Waals surface area contributed by atoms with E-state index in [9.17, 15) is 18.4 Å². The highest BCUT2D eigenvalue weighted by Gasteiger charge is 2.29. The van der Waals surface area contributed by atoms with Gasteiger partial charge in [-0.15, -0.1) is 0 Å². The van der Waals surface area contributed by atoms with Crippen molar-refractivity contribution in [2.75, 3.05) is 27.2 Å². The fraction of sp³-hybridized carbons (Fsp3) is 0.579. The Hall–Kier alpha value is -2.38. The smallest absolute Gasteiger partial charge is 0.387 e. The molecule has 0 bridgehead atoms. The number of piperidine rings is 1. The molecule has 6 nitrogen and oxygen atoms in total. The third kappa shape index (κ3) is 5.55. The van der Waals surface area contributed by atoms with Crippen LogP contribution in [0.3, 0.4) is 0 Å². The van der Waals surface area contributed by atoms with Crippen molar-refractivity contribution in [3.63, 3.8) is 0 Å². The van der Waals surface area contributed by atoms with Crippen LogP contribution in [0.15, 0.2) is 18.2 Å². The minimum Gasteiger partial charge on any atom is -0.493 e. The van der Waals surface area contributed by atoms with Crippen LogP contribution in [0.5, 0.6) is 11.5 Å². The molecule has 0 saturated carbocycles. The minimum atomic E-state index is -2.96. The summed E-state index contributed by atoms with van der Waals surface area (Å²) < 4.78 is 34.6. The largest absolute Gasteiger partial charge is 0.493 e. The maximum Gasteiger partial charge on any atom is 0.387 e. The first-order valence-electron chi connectivity index (χ1n) is 9.00. The van der Waals surface area contributed by atoms with Crippen LogP contribution in [0, 0.1) is 5.92 Å². The molecule has 2 amide bonds. The van der Waals surface area contributed by atoms with Gasteiger partial charge in [0.25, 0.3) is 0 Å². The average molecular weight is 384 g/mol. The van der Waals surface area contributed by atoms with E-state index in [1.54, 1.807) is 22.9 Å². The van der Waals surface area contributed by atoms with Crippen molar-refractivity contribution in [3.8, 4) is 11.5 Å². The van der Waals surface area contributed by atoms with Crippen LogP contribution in [-0.2, 0) is 16.1 Å². The van der Waals surface area contributed by atoms with E-state index in [-0.39, 0.29) is 35.8 Å². The van der Waals surface area contributed by atoms with Gasteiger partial charge in [0.1, 0.15) is 0 Å². The maximum atomic E-state index is 12.8. The van der Waals surface area contributed by atoms with Gasteiger partial charge in [-0.2, -0.15) is 8.78 Å². The normalized spacial score (nSPS) is 17.0. The van der Waals surface area contributed by atoms with Gasteiger partial charge in [-0.1, -0.05) is 13.0 Å². The lowest BCUT2D eigenvalue weighted by atomic mass is 9.96. The number of ether oxygens (including phenoxy) is 2. The fourth-order valence-electron chi connectivity index (χ4n) is 3.30. The summed E-state index contributed by atoms with van der Waals surface area (Å²) >= 11 is 0. The number of amides is 2. The molecule has 0 N–H and O–H groups in total. The number of carbonyl (C=O) groups excluding carboxylic acids is 2. The van der Waals surface area contributed by atoms with E-state index in [1.165, 1.54) is 19.2 Å². The van der Waals surface area contributed by atoms with E-state index in [2.05, 4.69) is 4.74 Å². The van der Waals surface area contributed by atoms with Crippen molar-refractivity contribution in [1.82, 2.24) is 9.80 Å². The third-order valence-electron chi connectivity index (χ3n) is 4.67. The van der Waals surface area contributed by atoms with Crippen molar-refractivity contribution in [3.05, 3.63) is 23.8 Å². The van der Waals surface area contributed by atoms with Gasteiger partial charge >= 0.3 is 6.61 Å². The van der Waals surface area contributed by atoms with Crippen LogP contribution in [0.1, 0.15) is 31.7 Å². The Balaban J connectivity index is 2.04. The van der Waals surface area contributed by atoms with Crippen LogP contribution in [0.2, 0.25) is 0 Å². The number of halogens is 2. The van der Waals surface area contributed by atoms with Crippen LogP contribution in [0.25, 0.3) is 0 Å². The number of rotatable bonds is 7. The summed E-state index contributed by atoms with van der Waals surface area (Å²) in [5.41, 5.74) is 0.652. The number of hydrogen-bond donors (Lipinski definition) is 0. The Morgan fingerprint density at radius 3 is 2.70 bits per heavy atom. The molecule has 1 fully saturated rings. The molecule has 27 heavy (non-hydrogen) atoms. The second kappa shape index (κ2) is 9.53. The van der Waals surface area contributed by atoms with E-state index in [4.69, 9.17) is 4.74 Å². The van der Waals surface area contributed by atoms with Crippen molar-refractivity contribution >= 4 is 11.8 Å². The van der Waals surface area contributed by atoms with Crippen LogP contribution in [0.4, 0.5) is 8.78 Å². The second-order valence-corrected chi connectivity index (χ2v) is 6.59. The molecule has 1 atom stereocenters. The predicted octanol–water partition coefficient (Wildman–Crippen LogP) is 2.90. The van der Waals surface area contributed by atoms with E-state index < -0.39 is 6.61 Å². The summed E-state index contributed by atoms with van der Waals surface area (Å²) in [6.45, 7) is 0.215. The Morgan fingerprint density at radius 1 is 1.33 bits per heavy atom. The summed E-state index contributed by atoms with van der Waals surface area (Å²) in [6, 6.07) is 4.69. The first-order valence-corrected chi connectivity index (χ1v) is 9.00. The molecule has 1 aliphatic heterocycles. The predicted molar refractivity (Wildman–Crippen MR) is 95.7 cm³/mol. The topological polar surface area (TPSA) is 59.1 Å². The summed E-state index contributed by atoms with van der Waals surface area (Å²) in [4.78, 5) is 27.9. The molecule has 1 unspecified atom stereocenters. The second-order valence-electron chi connectivity index (χ2n) is 6.59. The molecule has 2 rings (SSSR count). The molecule has 0 spiro atoms. The zero-order chi connectivity index (χ0) is 20.0. The number of methoxy groups -OCH3 is 1. The number of alkyl halides is 2. The maximum absolute atomic E-state index is 12.8. The van der Waals surface area contributed by atoms with Gasteiger partial charge in [0, 0.05) is 33.1 Å². The van der Waals surface area contributed by atoms with Gasteiger partial charge in [0.05, 0.1) is 13.0 Å². The highest BCUT2D eigenvalue weighted by atomic mass is 19.3. The van der Waals surface area contributed by atoms with Gasteiger partial charge in [-0.3, -0.25) is 9.59 Å². The first kappa shape index (κ1) is 20.9. The number of nitrogens with zero attached hydrogens (tertiary/aromatic N) is 2. The highest BCUT2D eigenvalue weighted by Crippen LogP contribution is 2.30. The third-order valence-corrected chi connectivity index (χ3v) is 4.67. The molecule has 150 valence electrons. The van der Waals surface area contributed by atoms with Crippen LogP contribution < -0.4 is 9.47 Å². The number of benzene rings is 1. The molecular weight excluding hydrogens is 358 g/mol.